The highest BCUT2D eigenvalue weighted by atomic mass is 32.1. The summed E-state index contributed by atoms with van der Waals surface area (Å²) in [7, 11) is 0. The van der Waals surface area contributed by atoms with Crippen molar-refractivity contribution >= 4 is 33.8 Å². The van der Waals surface area contributed by atoms with Crippen molar-refractivity contribution in [3.8, 4) is 16.5 Å². The third-order valence-electron chi connectivity index (χ3n) is 3.97. The maximum Gasteiger partial charge on any atom is 0.307 e. The number of thiazole rings is 1. The number of fused-ring (bicyclic) bond motifs is 1. The van der Waals surface area contributed by atoms with E-state index in [1.54, 1.807) is 6.92 Å². The zero-order chi connectivity index (χ0) is 19.0. The first-order chi connectivity index (χ1) is 13.0. The van der Waals surface area contributed by atoms with Gasteiger partial charge in [-0.1, -0.05) is 30.3 Å². The Hall–Kier alpha value is -3.39. The van der Waals surface area contributed by atoms with Crippen LogP contribution in [0.3, 0.4) is 0 Å². The summed E-state index contributed by atoms with van der Waals surface area (Å²) < 4.78 is 13.3. The molecule has 8 heteroatoms. The summed E-state index contributed by atoms with van der Waals surface area (Å²) in [4.78, 5) is 19.9. The predicted octanol–water partition coefficient (Wildman–Crippen LogP) is 5.37. The molecule has 0 radical (unpaired) electrons. The van der Waals surface area contributed by atoms with Gasteiger partial charge in [0.1, 0.15) is 15.7 Å². The van der Waals surface area contributed by atoms with Crippen LogP contribution in [0.2, 0.25) is 0 Å². The number of halogens is 1. The van der Waals surface area contributed by atoms with E-state index >= 15 is 0 Å². The minimum atomic E-state index is -0.553. The Morgan fingerprint density at radius 3 is 2.78 bits per heavy atom. The van der Waals surface area contributed by atoms with E-state index in [-0.39, 0.29) is 11.6 Å². The van der Waals surface area contributed by atoms with Gasteiger partial charge in [0, 0.05) is 10.9 Å². The zero-order valence-corrected chi connectivity index (χ0v) is 14.9. The lowest BCUT2D eigenvalue weighted by Gasteiger charge is -1.93. The minimum absolute atomic E-state index is 0.0869. The quantitative estimate of drug-likeness (QED) is 0.468. The van der Waals surface area contributed by atoms with E-state index in [9.17, 15) is 14.3 Å². The van der Waals surface area contributed by atoms with Crippen molar-refractivity contribution in [3.05, 3.63) is 64.9 Å². The Morgan fingerprint density at radius 2 is 2.00 bits per heavy atom. The number of amides is 1. The van der Waals surface area contributed by atoms with Gasteiger partial charge in [0.05, 0.1) is 11.2 Å². The number of aryl methyl sites for hydroxylation is 1. The van der Waals surface area contributed by atoms with Crippen LogP contribution < -0.4 is 0 Å². The topological polar surface area (TPSA) is 90.7 Å². The van der Waals surface area contributed by atoms with Gasteiger partial charge in [-0.2, -0.15) is 0 Å². The molecule has 0 bridgehead atoms. The van der Waals surface area contributed by atoms with Crippen molar-refractivity contribution in [3.63, 3.8) is 0 Å². The molecule has 134 valence electrons. The van der Waals surface area contributed by atoms with E-state index in [4.69, 9.17) is 0 Å². The van der Waals surface area contributed by atoms with Gasteiger partial charge in [0.2, 0.25) is 5.88 Å². The average molecular weight is 380 g/mol. The van der Waals surface area contributed by atoms with Crippen LogP contribution in [0, 0.1) is 12.7 Å². The van der Waals surface area contributed by atoms with Gasteiger partial charge in [-0.25, -0.2) is 9.37 Å². The first-order valence-electron chi connectivity index (χ1n) is 8.02. The van der Waals surface area contributed by atoms with Crippen molar-refractivity contribution in [1.82, 2.24) is 9.97 Å². The second-order valence-electron chi connectivity index (χ2n) is 5.82. The molecule has 0 fully saturated rings. The molecular weight excluding hydrogens is 367 g/mol. The van der Waals surface area contributed by atoms with Gasteiger partial charge in [-0.3, -0.25) is 4.79 Å². The number of nitrogens with zero attached hydrogens (tertiary/aromatic N) is 3. The molecule has 0 aliphatic heterocycles. The minimum Gasteiger partial charge on any atom is -0.493 e. The largest absolute Gasteiger partial charge is 0.493 e. The number of H-pyrrole nitrogens is 1. The molecule has 2 N–H and O–H groups in total. The highest BCUT2D eigenvalue weighted by Gasteiger charge is 2.17. The number of aromatic amines is 1. The Bertz CT molecular complexity index is 1180. The first-order valence-corrected chi connectivity index (χ1v) is 8.83. The lowest BCUT2D eigenvalue weighted by molar-refractivity contribution is 0.0998. The number of nitrogens with one attached hydrogen (secondary N) is 1. The normalized spacial score (nSPS) is 11.5. The highest BCUT2D eigenvalue weighted by molar-refractivity contribution is 7.17. The van der Waals surface area contributed by atoms with E-state index in [2.05, 4.69) is 20.2 Å². The van der Waals surface area contributed by atoms with E-state index in [1.165, 1.54) is 29.5 Å². The molecule has 0 aliphatic carbocycles. The van der Waals surface area contributed by atoms with Gasteiger partial charge in [0.25, 0.3) is 0 Å². The number of carbonyl (C=O) groups is 1. The Balaban J connectivity index is 1.65. The number of aromatic hydroxyl groups is 1. The SMILES string of the molecule is Cc1nc(-c2ccccc2)sc1C(=O)N=Nc1c(O)[nH]c2cc(F)ccc12. The van der Waals surface area contributed by atoms with E-state index < -0.39 is 11.7 Å². The second-order valence-corrected chi connectivity index (χ2v) is 6.82. The number of carbonyl (C=O) groups excluding carboxylic acids is 1. The summed E-state index contributed by atoms with van der Waals surface area (Å²) in [6.07, 6.45) is 0. The fraction of sp³-hybridized carbons (Fsp3) is 0.0526. The molecule has 27 heavy (non-hydrogen) atoms. The predicted molar refractivity (Wildman–Crippen MR) is 101 cm³/mol. The lowest BCUT2D eigenvalue weighted by atomic mass is 10.2. The number of rotatable bonds is 3. The van der Waals surface area contributed by atoms with Crippen LogP contribution in [0.1, 0.15) is 15.4 Å². The molecule has 2 heterocycles. The molecule has 4 aromatic rings. The standard InChI is InChI=1S/C19H13FN4O2S/c1-10-16(27-19(21-10)11-5-3-2-4-6-11)18(26)24-23-15-13-8-7-12(20)9-14(13)22-17(15)25/h2-9,22,25H,1H3. The van der Waals surface area contributed by atoms with Crippen molar-refractivity contribution in [2.45, 2.75) is 6.92 Å². The van der Waals surface area contributed by atoms with Crippen LogP contribution in [0.15, 0.2) is 58.8 Å². The second kappa shape index (κ2) is 6.73. The molecule has 4 rings (SSSR count). The lowest BCUT2D eigenvalue weighted by Crippen LogP contribution is -1.92. The van der Waals surface area contributed by atoms with E-state index in [1.807, 2.05) is 30.3 Å². The molecule has 2 aromatic carbocycles. The molecule has 0 saturated heterocycles. The van der Waals surface area contributed by atoms with Crippen LogP contribution in [0.25, 0.3) is 21.5 Å². The maximum absolute atomic E-state index is 13.3. The summed E-state index contributed by atoms with van der Waals surface area (Å²) >= 11 is 1.23. The molecule has 0 aliphatic rings. The number of hydrogen-bond acceptors (Lipinski definition) is 5. The molecule has 0 spiro atoms. The third-order valence-corrected chi connectivity index (χ3v) is 5.16. The molecule has 2 aromatic heterocycles. The number of azo groups is 1. The molecule has 1 amide bonds. The van der Waals surface area contributed by atoms with Crippen LogP contribution in [-0.2, 0) is 0 Å². The molecular formula is C19H13FN4O2S. The van der Waals surface area contributed by atoms with Crippen molar-refractivity contribution < 1.29 is 14.3 Å². The van der Waals surface area contributed by atoms with Crippen molar-refractivity contribution in [2.75, 3.05) is 0 Å². The zero-order valence-electron chi connectivity index (χ0n) is 14.1. The summed E-state index contributed by atoms with van der Waals surface area (Å²) in [5.74, 6) is -1.28. The number of benzene rings is 2. The van der Waals surface area contributed by atoms with Crippen LogP contribution in [0.5, 0.6) is 5.88 Å². The smallest absolute Gasteiger partial charge is 0.307 e. The summed E-state index contributed by atoms with van der Waals surface area (Å²) in [6.45, 7) is 1.73. The number of aromatic nitrogens is 2. The monoisotopic (exact) mass is 380 g/mol. The Kier molecular flexibility index (Phi) is 4.25. The Morgan fingerprint density at radius 1 is 1.22 bits per heavy atom. The van der Waals surface area contributed by atoms with Gasteiger partial charge >= 0.3 is 5.91 Å². The van der Waals surface area contributed by atoms with Crippen molar-refractivity contribution in [2.24, 2.45) is 10.2 Å². The molecule has 0 unspecified atom stereocenters. The highest BCUT2D eigenvalue weighted by Crippen LogP contribution is 2.36. The fourth-order valence-electron chi connectivity index (χ4n) is 2.68. The maximum atomic E-state index is 13.3. The summed E-state index contributed by atoms with van der Waals surface area (Å²) in [6, 6.07) is 13.5. The van der Waals surface area contributed by atoms with Crippen molar-refractivity contribution in [1.29, 1.82) is 0 Å². The number of hydrogen-bond donors (Lipinski definition) is 2. The van der Waals surface area contributed by atoms with Gasteiger partial charge in [-0.15, -0.1) is 21.6 Å². The van der Waals surface area contributed by atoms with Gasteiger partial charge < -0.3 is 10.1 Å². The van der Waals surface area contributed by atoms with Gasteiger partial charge in [-0.05, 0) is 25.1 Å². The summed E-state index contributed by atoms with van der Waals surface area (Å²) in [5.41, 5.74) is 1.93. The van der Waals surface area contributed by atoms with Crippen LogP contribution in [-0.4, -0.2) is 21.0 Å². The molecule has 6 nitrogen and oxygen atoms in total. The summed E-state index contributed by atoms with van der Waals surface area (Å²) in [5, 5.41) is 18.7. The molecule has 0 saturated carbocycles. The van der Waals surface area contributed by atoms with Crippen LogP contribution >= 0.6 is 11.3 Å². The first kappa shape index (κ1) is 17.0. The van der Waals surface area contributed by atoms with Gasteiger partial charge in [0.15, 0.2) is 5.69 Å². The Labute approximate surface area is 157 Å². The fourth-order valence-corrected chi connectivity index (χ4v) is 3.63. The average Bonchev–Trinajstić information content (AvgIpc) is 3.19. The molecule has 0 atom stereocenters. The van der Waals surface area contributed by atoms with E-state index in [0.717, 1.165) is 10.6 Å². The van der Waals surface area contributed by atoms with Crippen LogP contribution in [0.4, 0.5) is 10.1 Å². The third kappa shape index (κ3) is 3.22. The van der Waals surface area contributed by atoms with E-state index in [0.29, 0.717) is 21.5 Å².